The van der Waals surface area contributed by atoms with E-state index in [2.05, 4.69) is 12.1 Å². The van der Waals surface area contributed by atoms with Gasteiger partial charge in [0.15, 0.2) is 0 Å². The van der Waals surface area contributed by atoms with Crippen LogP contribution in [0.3, 0.4) is 0 Å². The maximum absolute atomic E-state index is 9.50. The number of rotatable bonds is 4. The van der Waals surface area contributed by atoms with Crippen molar-refractivity contribution >= 4 is 0 Å². The molecule has 0 amide bonds. The van der Waals surface area contributed by atoms with Crippen LogP contribution in [-0.2, 0) is 10.2 Å². The first-order chi connectivity index (χ1) is 13.7. The summed E-state index contributed by atoms with van der Waals surface area (Å²) in [5, 5.41) is 13.6. The van der Waals surface area contributed by atoms with Crippen molar-refractivity contribution in [3.63, 3.8) is 0 Å². The normalized spacial score (nSPS) is 29.5. The molecule has 2 fully saturated rings. The Balaban J connectivity index is 1.43. The molecule has 4 nitrogen and oxygen atoms in total. The quantitative estimate of drug-likeness (QED) is 0.606. The van der Waals surface area contributed by atoms with Crippen molar-refractivity contribution in [2.24, 2.45) is 5.92 Å². The van der Waals surface area contributed by atoms with E-state index in [4.69, 9.17) is 9.26 Å². The molecule has 1 aromatic rings. The Bertz CT molecular complexity index is 534. The summed E-state index contributed by atoms with van der Waals surface area (Å²) >= 11 is 0. The second kappa shape index (κ2) is 11.2. The molecule has 3 rings (SSSR count). The zero-order valence-electron chi connectivity index (χ0n) is 18.0. The van der Waals surface area contributed by atoms with Gasteiger partial charge >= 0.3 is 5.95 Å². The van der Waals surface area contributed by atoms with Crippen molar-refractivity contribution in [3.05, 3.63) is 11.8 Å². The fourth-order valence-corrected chi connectivity index (χ4v) is 5.19. The standard InChI is InChI=1S/C24H41NO3/c1-24(22-18-23(26)28-25-22)16-10-12-20(13-11-17-24)19-27-21-14-8-6-4-2-3-5-7-9-15-21/h18,20-21,26H,2-17,19H2,1H3. The second-order valence-corrected chi connectivity index (χ2v) is 9.62. The summed E-state index contributed by atoms with van der Waals surface area (Å²) in [6.45, 7) is 3.22. The minimum atomic E-state index is -0.0639. The Morgan fingerprint density at radius 2 is 1.50 bits per heavy atom. The maximum atomic E-state index is 9.50. The Morgan fingerprint density at radius 1 is 0.929 bits per heavy atom. The van der Waals surface area contributed by atoms with Crippen LogP contribution in [0.15, 0.2) is 10.6 Å². The van der Waals surface area contributed by atoms with Gasteiger partial charge < -0.3 is 14.4 Å². The molecule has 2 aliphatic rings. The van der Waals surface area contributed by atoms with Gasteiger partial charge in [-0.05, 0) is 44.4 Å². The Labute approximate surface area is 171 Å². The summed E-state index contributed by atoms with van der Waals surface area (Å²) in [5.74, 6) is 0.638. The smallest absolute Gasteiger partial charge is 0.308 e. The van der Waals surface area contributed by atoms with E-state index in [-0.39, 0.29) is 11.4 Å². The fraction of sp³-hybridized carbons (Fsp3) is 0.875. The average Bonchev–Trinajstić information content (AvgIpc) is 3.08. The highest BCUT2D eigenvalue weighted by molar-refractivity contribution is 5.18. The SMILES string of the molecule is CC1(c2cc(O)on2)CCCC(COC2CCCCCCCCCC2)CCC1. The van der Waals surface area contributed by atoms with Gasteiger partial charge in [-0.25, -0.2) is 0 Å². The van der Waals surface area contributed by atoms with Gasteiger partial charge in [-0.1, -0.05) is 76.3 Å². The molecule has 1 N–H and O–H groups in total. The molecule has 0 unspecified atom stereocenters. The summed E-state index contributed by atoms with van der Waals surface area (Å²) in [7, 11) is 0. The lowest BCUT2D eigenvalue weighted by Crippen LogP contribution is -2.26. The molecule has 2 saturated carbocycles. The monoisotopic (exact) mass is 391 g/mol. The molecule has 0 atom stereocenters. The molecule has 1 aromatic heterocycles. The van der Waals surface area contributed by atoms with E-state index in [0.29, 0.717) is 12.0 Å². The molecular formula is C24H41NO3. The van der Waals surface area contributed by atoms with E-state index in [1.165, 1.54) is 89.9 Å². The largest absolute Gasteiger partial charge is 0.479 e. The lowest BCUT2D eigenvalue weighted by molar-refractivity contribution is 0.0101. The fourth-order valence-electron chi connectivity index (χ4n) is 5.19. The van der Waals surface area contributed by atoms with Crippen LogP contribution < -0.4 is 0 Å². The Morgan fingerprint density at radius 3 is 2.04 bits per heavy atom. The van der Waals surface area contributed by atoms with Crippen molar-refractivity contribution in [2.45, 2.75) is 121 Å². The molecule has 0 aliphatic heterocycles. The van der Waals surface area contributed by atoms with Gasteiger partial charge in [-0.3, -0.25) is 0 Å². The molecule has 160 valence electrons. The summed E-state index contributed by atoms with van der Waals surface area (Å²) in [6.07, 6.45) is 21.3. The van der Waals surface area contributed by atoms with Crippen LogP contribution in [0.1, 0.15) is 115 Å². The Kier molecular flexibility index (Phi) is 8.69. The maximum Gasteiger partial charge on any atom is 0.308 e. The van der Waals surface area contributed by atoms with E-state index in [0.717, 1.165) is 25.1 Å². The topological polar surface area (TPSA) is 55.5 Å². The molecular weight excluding hydrogens is 350 g/mol. The summed E-state index contributed by atoms with van der Waals surface area (Å²) < 4.78 is 11.4. The highest BCUT2D eigenvalue weighted by atomic mass is 16.5. The Hall–Kier alpha value is -1.03. The van der Waals surface area contributed by atoms with Gasteiger partial charge in [0.05, 0.1) is 11.8 Å². The van der Waals surface area contributed by atoms with Crippen LogP contribution >= 0.6 is 0 Å². The van der Waals surface area contributed by atoms with Gasteiger partial charge in [-0.15, -0.1) is 0 Å². The van der Waals surface area contributed by atoms with E-state index in [9.17, 15) is 5.11 Å². The zero-order valence-corrected chi connectivity index (χ0v) is 18.0. The van der Waals surface area contributed by atoms with Crippen molar-refractivity contribution < 1.29 is 14.4 Å². The van der Waals surface area contributed by atoms with Crippen LogP contribution in [0.5, 0.6) is 5.95 Å². The minimum absolute atomic E-state index is 0.0328. The third-order valence-corrected chi connectivity index (χ3v) is 7.17. The van der Waals surface area contributed by atoms with Gasteiger partial charge in [0.1, 0.15) is 0 Å². The van der Waals surface area contributed by atoms with Crippen molar-refractivity contribution in [1.82, 2.24) is 5.16 Å². The number of nitrogens with zero attached hydrogens (tertiary/aromatic N) is 1. The molecule has 0 saturated heterocycles. The van der Waals surface area contributed by atoms with Crippen molar-refractivity contribution in [1.29, 1.82) is 0 Å². The summed E-state index contributed by atoms with van der Waals surface area (Å²) in [6, 6.07) is 1.70. The summed E-state index contributed by atoms with van der Waals surface area (Å²) in [4.78, 5) is 0. The highest BCUT2D eigenvalue weighted by Gasteiger charge is 2.32. The van der Waals surface area contributed by atoms with Gasteiger partial charge in [0, 0.05) is 18.1 Å². The van der Waals surface area contributed by atoms with E-state index in [1.54, 1.807) is 6.07 Å². The number of hydrogen-bond acceptors (Lipinski definition) is 4. The third kappa shape index (κ3) is 6.79. The van der Waals surface area contributed by atoms with Gasteiger partial charge in [0.2, 0.25) is 0 Å². The van der Waals surface area contributed by atoms with Crippen LogP contribution in [0.25, 0.3) is 0 Å². The molecule has 0 radical (unpaired) electrons. The summed E-state index contributed by atoms with van der Waals surface area (Å²) in [5.41, 5.74) is 0.947. The van der Waals surface area contributed by atoms with Crippen LogP contribution in [0.2, 0.25) is 0 Å². The van der Waals surface area contributed by atoms with Gasteiger partial charge in [-0.2, -0.15) is 0 Å². The lowest BCUT2D eigenvalue weighted by Gasteiger charge is -2.32. The molecule has 2 aliphatic carbocycles. The van der Waals surface area contributed by atoms with Crippen LogP contribution in [0.4, 0.5) is 0 Å². The number of ether oxygens (including phenoxy) is 1. The van der Waals surface area contributed by atoms with Crippen molar-refractivity contribution in [3.8, 4) is 5.95 Å². The predicted octanol–water partition coefficient (Wildman–Crippen LogP) is 6.91. The molecule has 1 heterocycles. The number of hydrogen-bond donors (Lipinski definition) is 1. The zero-order chi connectivity index (χ0) is 19.7. The van der Waals surface area contributed by atoms with E-state index < -0.39 is 0 Å². The highest BCUT2D eigenvalue weighted by Crippen LogP contribution is 2.39. The molecule has 28 heavy (non-hydrogen) atoms. The molecule has 0 bridgehead atoms. The third-order valence-electron chi connectivity index (χ3n) is 7.17. The first-order valence-corrected chi connectivity index (χ1v) is 11.9. The van der Waals surface area contributed by atoms with Crippen LogP contribution in [-0.4, -0.2) is 23.0 Å². The average molecular weight is 392 g/mol. The lowest BCUT2D eigenvalue weighted by atomic mass is 9.74. The van der Waals surface area contributed by atoms with Crippen LogP contribution in [0, 0.1) is 5.92 Å². The number of aromatic nitrogens is 1. The second-order valence-electron chi connectivity index (χ2n) is 9.62. The first-order valence-electron chi connectivity index (χ1n) is 11.9. The number of aromatic hydroxyl groups is 1. The van der Waals surface area contributed by atoms with Crippen molar-refractivity contribution in [2.75, 3.05) is 6.61 Å². The first kappa shape index (κ1) is 21.7. The molecule has 4 heteroatoms. The van der Waals surface area contributed by atoms with Gasteiger partial charge in [0.25, 0.3) is 0 Å². The van der Waals surface area contributed by atoms with E-state index in [1.807, 2.05) is 0 Å². The molecule has 0 aromatic carbocycles. The van der Waals surface area contributed by atoms with E-state index >= 15 is 0 Å². The minimum Gasteiger partial charge on any atom is -0.479 e. The molecule has 0 spiro atoms. The predicted molar refractivity (Wildman–Crippen MR) is 113 cm³/mol.